The Morgan fingerprint density at radius 1 is 1.15 bits per heavy atom. The van der Waals surface area contributed by atoms with E-state index in [0.29, 0.717) is 11.4 Å². The maximum absolute atomic E-state index is 13.2. The minimum atomic E-state index is -0.927. The number of carboxylic acids is 1. The molecule has 0 bridgehead atoms. The molecule has 2 aromatic rings. The number of nitrogens with one attached hydrogen (secondary N) is 1. The third-order valence-electron chi connectivity index (χ3n) is 4.04. The SMILES string of the molecule is Cc1cc(OCc2cccc(F)c2)ccc1NC(=O)CC(C)(C)CC(=O)O. The van der Waals surface area contributed by atoms with E-state index in [1.807, 2.05) is 6.92 Å². The topological polar surface area (TPSA) is 75.6 Å². The van der Waals surface area contributed by atoms with Crippen molar-refractivity contribution in [3.05, 3.63) is 59.4 Å². The summed E-state index contributed by atoms with van der Waals surface area (Å²) < 4.78 is 18.9. The predicted octanol–water partition coefficient (Wildman–Crippen LogP) is 4.54. The van der Waals surface area contributed by atoms with Crippen molar-refractivity contribution in [2.45, 2.75) is 40.2 Å². The first-order valence-corrected chi connectivity index (χ1v) is 8.64. The molecule has 0 spiro atoms. The monoisotopic (exact) mass is 373 g/mol. The molecule has 0 atom stereocenters. The largest absolute Gasteiger partial charge is 0.489 e. The quantitative estimate of drug-likeness (QED) is 0.712. The predicted molar refractivity (Wildman–Crippen MR) is 101 cm³/mol. The van der Waals surface area contributed by atoms with Gasteiger partial charge in [0.05, 0.1) is 6.42 Å². The van der Waals surface area contributed by atoms with E-state index >= 15 is 0 Å². The number of hydrogen-bond donors (Lipinski definition) is 2. The number of carbonyl (C=O) groups excluding carboxylic acids is 1. The second kappa shape index (κ2) is 8.66. The zero-order valence-corrected chi connectivity index (χ0v) is 15.7. The van der Waals surface area contributed by atoms with Gasteiger partial charge in [0.15, 0.2) is 0 Å². The fourth-order valence-electron chi connectivity index (χ4n) is 2.76. The van der Waals surface area contributed by atoms with Gasteiger partial charge in [-0.3, -0.25) is 9.59 Å². The fraction of sp³-hybridized carbons (Fsp3) is 0.333. The molecule has 0 radical (unpaired) electrons. The van der Waals surface area contributed by atoms with Gasteiger partial charge >= 0.3 is 5.97 Å². The Labute approximate surface area is 158 Å². The Balaban J connectivity index is 1.95. The molecule has 5 nitrogen and oxygen atoms in total. The summed E-state index contributed by atoms with van der Waals surface area (Å²) in [6.07, 6.45) is 0.0306. The van der Waals surface area contributed by atoms with Crippen LogP contribution in [0.5, 0.6) is 5.75 Å². The molecular formula is C21H24FNO4. The molecule has 0 unspecified atom stereocenters. The van der Waals surface area contributed by atoms with Gasteiger partial charge in [-0.2, -0.15) is 0 Å². The molecule has 0 fully saturated rings. The molecule has 2 aromatic carbocycles. The van der Waals surface area contributed by atoms with Crippen molar-refractivity contribution in [1.82, 2.24) is 0 Å². The van der Waals surface area contributed by atoms with Crippen molar-refractivity contribution in [1.29, 1.82) is 0 Å². The van der Waals surface area contributed by atoms with E-state index in [1.165, 1.54) is 12.1 Å². The highest BCUT2D eigenvalue weighted by Gasteiger charge is 2.25. The summed E-state index contributed by atoms with van der Waals surface area (Å²) in [6, 6.07) is 11.5. The van der Waals surface area contributed by atoms with Gasteiger partial charge in [-0.25, -0.2) is 4.39 Å². The van der Waals surface area contributed by atoms with Crippen LogP contribution in [0.2, 0.25) is 0 Å². The molecule has 0 saturated heterocycles. The van der Waals surface area contributed by atoms with Gasteiger partial charge in [-0.05, 0) is 53.8 Å². The van der Waals surface area contributed by atoms with Crippen molar-refractivity contribution in [2.75, 3.05) is 5.32 Å². The van der Waals surface area contributed by atoms with Crippen molar-refractivity contribution in [3.8, 4) is 5.75 Å². The number of anilines is 1. The number of amides is 1. The molecule has 0 aliphatic heterocycles. The molecule has 0 aromatic heterocycles. The van der Waals surface area contributed by atoms with E-state index in [9.17, 15) is 14.0 Å². The minimum absolute atomic E-state index is 0.0771. The lowest BCUT2D eigenvalue weighted by atomic mass is 9.85. The van der Waals surface area contributed by atoms with Crippen molar-refractivity contribution in [2.24, 2.45) is 5.41 Å². The van der Waals surface area contributed by atoms with Gasteiger partial charge in [0.1, 0.15) is 18.2 Å². The second-order valence-electron chi connectivity index (χ2n) is 7.36. The summed E-state index contributed by atoms with van der Waals surface area (Å²) in [7, 11) is 0. The Hall–Kier alpha value is -2.89. The van der Waals surface area contributed by atoms with Gasteiger partial charge in [0.2, 0.25) is 5.91 Å². The van der Waals surface area contributed by atoms with Gasteiger partial charge in [0.25, 0.3) is 0 Å². The fourth-order valence-corrected chi connectivity index (χ4v) is 2.76. The first-order valence-electron chi connectivity index (χ1n) is 8.64. The number of aryl methyl sites for hydroxylation is 1. The number of benzene rings is 2. The maximum atomic E-state index is 13.2. The first kappa shape index (κ1) is 20.4. The Morgan fingerprint density at radius 2 is 1.89 bits per heavy atom. The summed E-state index contributed by atoms with van der Waals surface area (Å²) in [6.45, 7) is 5.58. The molecule has 27 heavy (non-hydrogen) atoms. The Morgan fingerprint density at radius 3 is 2.52 bits per heavy atom. The normalized spacial score (nSPS) is 11.1. The molecule has 0 saturated carbocycles. The Bertz CT molecular complexity index is 833. The van der Waals surface area contributed by atoms with Crippen LogP contribution < -0.4 is 10.1 Å². The van der Waals surface area contributed by atoms with Crippen molar-refractivity contribution >= 4 is 17.6 Å². The maximum Gasteiger partial charge on any atom is 0.303 e. The van der Waals surface area contributed by atoms with E-state index in [1.54, 1.807) is 44.2 Å². The number of hydrogen-bond acceptors (Lipinski definition) is 3. The van der Waals surface area contributed by atoms with E-state index in [0.717, 1.165) is 11.1 Å². The van der Waals surface area contributed by atoms with Crippen LogP contribution in [0.15, 0.2) is 42.5 Å². The van der Waals surface area contributed by atoms with Crippen LogP contribution >= 0.6 is 0 Å². The van der Waals surface area contributed by atoms with E-state index < -0.39 is 11.4 Å². The third kappa shape index (κ3) is 6.73. The van der Waals surface area contributed by atoms with Crippen molar-refractivity contribution < 1.29 is 23.8 Å². The van der Waals surface area contributed by atoms with Gasteiger partial charge < -0.3 is 15.2 Å². The summed E-state index contributed by atoms with van der Waals surface area (Å²) in [5.41, 5.74) is 1.56. The Kier molecular flexibility index (Phi) is 6.55. The van der Waals surface area contributed by atoms with Crippen LogP contribution in [-0.4, -0.2) is 17.0 Å². The number of carbonyl (C=O) groups is 2. The van der Waals surface area contributed by atoms with E-state index in [-0.39, 0.29) is 31.2 Å². The molecular weight excluding hydrogens is 349 g/mol. The number of carboxylic acid groups (broad SMARTS) is 1. The minimum Gasteiger partial charge on any atom is -0.489 e. The lowest BCUT2D eigenvalue weighted by Crippen LogP contribution is -2.25. The van der Waals surface area contributed by atoms with Gasteiger partial charge in [0, 0.05) is 12.1 Å². The summed E-state index contributed by atoms with van der Waals surface area (Å²) in [4.78, 5) is 23.1. The second-order valence-corrected chi connectivity index (χ2v) is 7.36. The third-order valence-corrected chi connectivity index (χ3v) is 4.04. The first-order chi connectivity index (χ1) is 12.6. The van der Waals surface area contributed by atoms with Crippen LogP contribution in [0.1, 0.15) is 37.8 Å². The molecule has 2 N–H and O–H groups in total. The average molecular weight is 373 g/mol. The summed E-state index contributed by atoms with van der Waals surface area (Å²) in [5, 5.41) is 11.7. The van der Waals surface area contributed by atoms with Crippen LogP contribution in [0.3, 0.4) is 0 Å². The van der Waals surface area contributed by atoms with E-state index in [4.69, 9.17) is 9.84 Å². The number of aliphatic carboxylic acids is 1. The number of rotatable bonds is 8. The van der Waals surface area contributed by atoms with Crippen LogP contribution in [0.4, 0.5) is 10.1 Å². The molecule has 2 rings (SSSR count). The number of halogens is 1. The smallest absolute Gasteiger partial charge is 0.303 e. The van der Waals surface area contributed by atoms with Crippen LogP contribution in [0, 0.1) is 18.2 Å². The highest BCUT2D eigenvalue weighted by molar-refractivity contribution is 5.92. The lowest BCUT2D eigenvalue weighted by molar-refractivity contribution is -0.139. The highest BCUT2D eigenvalue weighted by Crippen LogP contribution is 2.27. The van der Waals surface area contributed by atoms with Crippen molar-refractivity contribution in [3.63, 3.8) is 0 Å². The van der Waals surface area contributed by atoms with Gasteiger partial charge in [-0.1, -0.05) is 26.0 Å². The molecule has 1 amide bonds. The van der Waals surface area contributed by atoms with Crippen LogP contribution in [0.25, 0.3) is 0 Å². The zero-order valence-electron chi connectivity index (χ0n) is 15.7. The molecule has 0 aliphatic rings. The van der Waals surface area contributed by atoms with E-state index in [2.05, 4.69) is 5.32 Å². The molecule has 0 aliphatic carbocycles. The number of ether oxygens (including phenoxy) is 1. The lowest BCUT2D eigenvalue weighted by Gasteiger charge is -2.21. The summed E-state index contributed by atoms with van der Waals surface area (Å²) >= 11 is 0. The molecule has 0 heterocycles. The standard InChI is InChI=1S/C21H24FNO4/c1-14-9-17(27-13-15-5-4-6-16(22)10-15)7-8-18(14)23-19(24)11-21(2,3)12-20(25)26/h4-10H,11-13H2,1-3H3,(H,23,24)(H,25,26). The molecule has 6 heteroatoms. The van der Waals surface area contributed by atoms with Crippen LogP contribution in [-0.2, 0) is 16.2 Å². The summed E-state index contributed by atoms with van der Waals surface area (Å²) in [5.74, 6) is -0.862. The van der Waals surface area contributed by atoms with Gasteiger partial charge in [-0.15, -0.1) is 0 Å². The highest BCUT2D eigenvalue weighted by atomic mass is 19.1. The molecule has 144 valence electrons. The average Bonchev–Trinajstić information content (AvgIpc) is 2.53. The zero-order chi connectivity index (χ0) is 20.0.